The molecule has 10 nitrogen and oxygen atoms in total. The summed E-state index contributed by atoms with van der Waals surface area (Å²) in [6.45, 7) is 5.87. The number of benzene rings is 1. The normalized spacial score (nSPS) is 17.1. The van der Waals surface area contributed by atoms with Gasteiger partial charge in [0.1, 0.15) is 30.0 Å². The van der Waals surface area contributed by atoms with Crippen molar-refractivity contribution < 1.29 is 23.2 Å². The maximum Gasteiger partial charge on any atom is 0.408 e. The average molecular weight is 440 g/mol. The van der Waals surface area contributed by atoms with Crippen LogP contribution in [-0.2, 0) is 11.3 Å². The first-order valence-electron chi connectivity index (χ1n) is 10.2. The molecule has 2 aliphatic rings. The van der Waals surface area contributed by atoms with Crippen molar-refractivity contribution in [2.24, 2.45) is 0 Å². The first kappa shape index (κ1) is 20.2. The third-order valence-electron chi connectivity index (χ3n) is 5.31. The number of carbonyl (C=O) groups is 2. The fourth-order valence-corrected chi connectivity index (χ4v) is 3.88. The number of aromatic nitrogens is 4. The van der Waals surface area contributed by atoms with Crippen LogP contribution in [0.25, 0.3) is 17.2 Å². The Morgan fingerprint density at radius 3 is 2.91 bits per heavy atom. The van der Waals surface area contributed by atoms with Gasteiger partial charge in [-0.05, 0) is 45.4 Å². The largest absolute Gasteiger partial charge is 0.444 e. The van der Waals surface area contributed by atoms with E-state index in [0.29, 0.717) is 17.9 Å². The number of ether oxygens (including phenoxy) is 1. The van der Waals surface area contributed by atoms with Gasteiger partial charge in [-0.3, -0.25) is 9.36 Å². The highest BCUT2D eigenvalue weighted by atomic mass is 19.1. The van der Waals surface area contributed by atoms with E-state index >= 15 is 0 Å². The molecule has 4 heterocycles. The SMILES string of the molecule is CC(C)(C)OC(=O)NCc1nc(-c2ncn3c2[C@@H]2CCN2C(=O)c2cc(F)ccc2-3)no1. The van der Waals surface area contributed by atoms with Crippen molar-refractivity contribution in [1.29, 1.82) is 0 Å². The summed E-state index contributed by atoms with van der Waals surface area (Å²) in [7, 11) is 0. The Kier molecular flexibility index (Phi) is 4.50. The van der Waals surface area contributed by atoms with Crippen molar-refractivity contribution in [3.05, 3.63) is 47.5 Å². The molecule has 166 valence electrons. The zero-order valence-corrected chi connectivity index (χ0v) is 17.8. The van der Waals surface area contributed by atoms with Gasteiger partial charge in [0.2, 0.25) is 11.7 Å². The Morgan fingerprint density at radius 1 is 1.38 bits per heavy atom. The minimum atomic E-state index is -0.622. The average Bonchev–Trinajstić information content (AvgIpc) is 3.30. The second kappa shape index (κ2) is 7.14. The molecule has 0 bridgehead atoms. The molecule has 3 aromatic rings. The van der Waals surface area contributed by atoms with Crippen LogP contribution in [0.1, 0.15) is 55.2 Å². The summed E-state index contributed by atoms with van der Waals surface area (Å²) in [5.41, 5.74) is 1.42. The molecule has 1 aromatic carbocycles. The molecule has 2 aliphatic heterocycles. The monoisotopic (exact) mass is 440 g/mol. The fraction of sp³-hybridized carbons (Fsp3) is 0.381. The highest BCUT2D eigenvalue weighted by Crippen LogP contribution is 2.43. The van der Waals surface area contributed by atoms with Gasteiger partial charge in [-0.1, -0.05) is 5.16 Å². The topological polar surface area (TPSA) is 115 Å². The van der Waals surface area contributed by atoms with Gasteiger partial charge in [-0.25, -0.2) is 14.2 Å². The fourth-order valence-electron chi connectivity index (χ4n) is 3.88. The van der Waals surface area contributed by atoms with Gasteiger partial charge in [0.25, 0.3) is 5.91 Å². The Labute approximate surface area is 182 Å². The van der Waals surface area contributed by atoms with Gasteiger partial charge in [0, 0.05) is 6.54 Å². The Bertz CT molecular complexity index is 1230. The zero-order valence-electron chi connectivity index (χ0n) is 17.8. The van der Waals surface area contributed by atoms with E-state index < -0.39 is 17.5 Å². The van der Waals surface area contributed by atoms with E-state index in [1.54, 1.807) is 42.6 Å². The number of carbonyl (C=O) groups excluding carboxylic acids is 2. The Hall–Kier alpha value is -3.76. The van der Waals surface area contributed by atoms with Crippen LogP contribution in [0.15, 0.2) is 29.0 Å². The summed E-state index contributed by atoms with van der Waals surface area (Å²) < 4.78 is 26.1. The molecule has 0 aliphatic carbocycles. The number of halogens is 1. The van der Waals surface area contributed by atoms with Gasteiger partial charge in [0.15, 0.2) is 0 Å². The number of nitrogens with one attached hydrogen (secondary N) is 1. The van der Waals surface area contributed by atoms with E-state index in [2.05, 4.69) is 20.4 Å². The van der Waals surface area contributed by atoms with E-state index in [1.807, 2.05) is 0 Å². The van der Waals surface area contributed by atoms with Crippen LogP contribution in [0, 0.1) is 5.82 Å². The van der Waals surface area contributed by atoms with Crippen LogP contribution in [0.2, 0.25) is 0 Å². The predicted octanol–water partition coefficient (Wildman–Crippen LogP) is 2.99. The van der Waals surface area contributed by atoms with E-state index in [-0.39, 0.29) is 35.8 Å². The molecule has 1 N–H and O–H groups in total. The molecule has 5 rings (SSSR count). The minimum absolute atomic E-state index is 0.00585. The molecule has 0 saturated carbocycles. The van der Waals surface area contributed by atoms with E-state index in [4.69, 9.17) is 9.26 Å². The van der Waals surface area contributed by atoms with Crippen LogP contribution in [0.5, 0.6) is 0 Å². The summed E-state index contributed by atoms with van der Waals surface area (Å²) in [5, 5.41) is 6.57. The minimum Gasteiger partial charge on any atom is -0.444 e. The first-order valence-corrected chi connectivity index (χ1v) is 10.2. The second-order valence-electron chi connectivity index (χ2n) is 8.68. The maximum atomic E-state index is 13.8. The summed E-state index contributed by atoms with van der Waals surface area (Å²) in [4.78, 5) is 35.3. The van der Waals surface area contributed by atoms with Crippen molar-refractivity contribution in [2.75, 3.05) is 6.54 Å². The maximum absolute atomic E-state index is 13.8. The lowest BCUT2D eigenvalue weighted by atomic mass is 9.97. The zero-order chi connectivity index (χ0) is 22.6. The van der Waals surface area contributed by atoms with Crippen LogP contribution >= 0.6 is 0 Å². The van der Waals surface area contributed by atoms with Crippen molar-refractivity contribution in [2.45, 2.75) is 45.4 Å². The molecular weight excluding hydrogens is 419 g/mol. The number of rotatable bonds is 3. The van der Waals surface area contributed by atoms with Crippen LogP contribution in [0.4, 0.5) is 9.18 Å². The van der Waals surface area contributed by atoms with Crippen molar-refractivity contribution >= 4 is 12.0 Å². The summed E-state index contributed by atoms with van der Waals surface area (Å²) >= 11 is 0. The molecule has 11 heteroatoms. The number of nitrogens with zero attached hydrogens (tertiary/aromatic N) is 5. The van der Waals surface area contributed by atoms with Crippen molar-refractivity contribution in [3.63, 3.8) is 0 Å². The molecular formula is C21H21FN6O4. The van der Waals surface area contributed by atoms with E-state index in [1.165, 1.54) is 12.1 Å². The molecule has 32 heavy (non-hydrogen) atoms. The quantitative estimate of drug-likeness (QED) is 0.666. The lowest BCUT2D eigenvalue weighted by Gasteiger charge is -2.39. The summed E-state index contributed by atoms with van der Waals surface area (Å²) in [6, 6.07) is 3.90. The number of alkyl carbamates (subject to hydrolysis) is 1. The molecule has 2 aromatic heterocycles. The summed E-state index contributed by atoms with van der Waals surface area (Å²) in [6.07, 6.45) is 1.72. The van der Waals surface area contributed by atoms with Crippen LogP contribution in [0.3, 0.4) is 0 Å². The van der Waals surface area contributed by atoms with Crippen LogP contribution in [-0.4, -0.2) is 48.7 Å². The second-order valence-corrected chi connectivity index (χ2v) is 8.68. The predicted molar refractivity (Wildman–Crippen MR) is 108 cm³/mol. The lowest BCUT2D eigenvalue weighted by Crippen LogP contribution is -2.44. The molecule has 0 radical (unpaired) electrons. The molecule has 0 spiro atoms. The Morgan fingerprint density at radius 2 is 2.19 bits per heavy atom. The number of hydrogen-bond acceptors (Lipinski definition) is 7. The van der Waals surface area contributed by atoms with Gasteiger partial charge in [-0.15, -0.1) is 0 Å². The number of fused-ring (bicyclic) bond motifs is 5. The Balaban J connectivity index is 1.45. The van der Waals surface area contributed by atoms with Gasteiger partial charge < -0.3 is 19.5 Å². The first-order chi connectivity index (χ1) is 15.2. The van der Waals surface area contributed by atoms with Crippen molar-refractivity contribution in [1.82, 2.24) is 29.9 Å². The van der Waals surface area contributed by atoms with Crippen LogP contribution < -0.4 is 5.32 Å². The third kappa shape index (κ3) is 3.39. The molecule has 1 saturated heterocycles. The highest BCUT2D eigenvalue weighted by Gasteiger charge is 2.42. The van der Waals surface area contributed by atoms with Gasteiger partial charge in [-0.2, -0.15) is 4.98 Å². The molecule has 1 atom stereocenters. The third-order valence-corrected chi connectivity index (χ3v) is 5.31. The lowest BCUT2D eigenvalue weighted by molar-refractivity contribution is 0.0460. The standard InChI is InChI=1S/C21H21FN6O4/c1-21(2,3)31-20(30)23-9-15-25-18(26-32-15)16-17-14-6-7-27(14)19(29)12-8-11(22)4-5-13(12)28(17)10-24-16/h4-5,8,10,14H,6-7,9H2,1-3H3,(H,23,30)/t14-/m0/s1. The number of amides is 2. The number of imidazole rings is 1. The summed E-state index contributed by atoms with van der Waals surface area (Å²) in [5.74, 6) is -0.270. The number of hydrogen-bond donors (Lipinski definition) is 1. The highest BCUT2D eigenvalue weighted by molar-refractivity contribution is 5.99. The molecule has 2 amide bonds. The van der Waals surface area contributed by atoms with Crippen molar-refractivity contribution in [3.8, 4) is 17.2 Å². The smallest absolute Gasteiger partial charge is 0.408 e. The van der Waals surface area contributed by atoms with Gasteiger partial charge in [0.05, 0.1) is 23.0 Å². The van der Waals surface area contributed by atoms with E-state index in [0.717, 1.165) is 12.1 Å². The van der Waals surface area contributed by atoms with E-state index in [9.17, 15) is 14.0 Å². The molecule has 0 unspecified atom stereocenters. The van der Waals surface area contributed by atoms with Gasteiger partial charge >= 0.3 is 6.09 Å². The molecule has 1 fully saturated rings.